The summed E-state index contributed by atoms with van der Waals surface area (Å²) in [7, 11) is 0. The van der Waals surface area contributed by atoms with E-state index in [0.717, 1.165) is 6.42 Å². The number of rotatable bonds is 3. The van der Waals surface area contributed by atoms with E-state index in [-0.39, 0.29) is 11.0 Å². The third kappa shape index (κ3) is 3.12. The molecule has 0 aliphatic carbocycles. The van der Waals surface area contributed by atoms with Crippen LogP contribution in [0.5, 0.6) is 0 Å². The van der Waals surface area contributed by atoms with Gasteiger partial charge in [-0.25, -0.2) is 0 Å². The molecular formula is C11H19NS. The molecule has 0 atom stereocenters. The average molecular weight is 197 g/mol. The number of nitrogens with two attached hydrogens (primary N) is 1. The van der Waals surface area contributed by atoms with Crippen LogP contribution in [0.25, 0.3) is 0 Å². The topological polar surface area (TPSA) is 26.0 Å². The normalized spacial score (nSPS) is 13.3. The van der Waals surface area contributed by atoms with Crippen molar-refractivity contribution in [2.75, 3.05) is 0 Å². The van der Waals surface area contributed by atoms with Gasteiger partial charge in [0, 0.05) is 15.8 Å². The highest BCUT2D eigenvalue weighted by molar-refractivity contribution is 7.10. The molecule has 13 heavy (non-hydrogen) atoms. The highest BCUT2D eigenvalue weighted by atomic mass is 32.1. The van der Waals surface area contributed by atoms with Gasteiger partial charge in [-0.2, -0.15) is 0 Å². The van der Waals surface area contributed by atoms with Crippen molar-refractivity contribution in [2.24, 2.45) is 5.73 Å². The van der Waals surface area contributed by atoms with Gasteiger partial charge in [0.1, 0.15) is 0 Å². The lowest BCUT2D eigenvalue weighted by Crippen LogP contribution is -2.38. The van der Waals surface area contributed by atoms with Gasteiger partial charge < -0.3 is 5.73 Å². The van der Waals surface area contributed by atoms with E-state index in [1.807, 2.05) is 11.3 Å². The Bertz CT molecular complexity index is 254. The summed E-state index contributed by atoms with van der Waals surface area (Å²) in [5.74, 6) is 0. The first-order valence-corrected chi connectivity index (χ1v) is 5.52. The van der Waals surface area contributed by atoms with Gasteiger partial charge in [-0.3, -0.25) is 0 Å². The van der Waals surface area contributed by atoms with Crippen LogP contribution < -0.4 is 5.73 Å². The Morgan fingerprint density at radius 2 is 1.92 bits per heavy atom. The van der Waals surface area contributed by atoms with E-state index in [1.54, 1.807) is 0 Å². The van der Waals surface area contributed by atoms with Crippen LogP contribution in [0.1, 0.15) is 39.0 Å². The smallest absolute Gasteiger partial charge is 0.0106 e. The largest absolute Gasteiger partial charge is 0.326 e. The summed E-state index contributed by atoms with van der Waals surface area (Å²) in [6, 6.07) is 4.29. The van der Waals surface area contributed by atoms with Crippen molar-refractivity contribution >= 4 is 11.3 Å². The summed E-state index contributed by atoms with van der Waals surface area (Å²) >= 11 is 1.81. The fraction of sp³-hybridized carbons (Fsp3) is 0.636. The van der Waals surface area contributed by atoms with Crippen molar-refractivity contribution in [3.8, 4) is 0 Å². The molecule has 2 N–H and O–H groups in total. The summed E-state index contributed by atoms with van der Waals surface area (Å²) in [5.41, 5.74) is 6.14. The molecule has 0 fully saturated rings. The Kier molecular flexibility index (Phi) is 2.83. The molecule has 0 unspecified atom stereocenters. The third-order valence-electron chi connectivity index (χ3n) is 2.09. The number of hydrogen-bond donors (Lipinski definition) is 1. The first-order chi connectivity index (χ1) is 5.81. The first kappa shape index (κ1) is 10.7. The zero-order valence-corrected chi connectivity index (χ0v) is 9.74. The average Bonchev–Trinajstić information content (AvgIpc) is 2.29. The minimum absolute atomic E-state index is 0.0898. The molecule has 0 aliphatic rings. The van der Waals surface area contributed by atoms with Crippen molar-refractivity contribution < 1.29 is 0 Å². The molecule has 0 aliphatic heterocycles. The van der Waals surface area contributed by atoms with Gasteiger partial charge >= 0.3 is 0 Å². The van der Waals surface area contributed by atoms with E-state index in [0.29, 0.717) is 0 Å². The molecule has 0 aromatic carbocycles. The van der Waals surface area contributed by atoms with E-state index in [2.05, 4.69) is 45.2 Å². The lowest BCUT2D eigenvalue weighted by Gasteiger charge is -2.31. The summed E-state index contributed by atoms with van der Waals surface area (Å²) in [5, 5.41) is 2.13. The minimum atomic E-state index is -0.0898. The van der Waals surface area contributed by atoms with E-state index in [9.17, 15) is 0 Å². The van der Waals surface area contributed by atoms with Gasteiger partial charge in [0.15, 0.2) is 0 Å². The molecule has 1 aromatic rings. The molecule has 1 aromatic heterocycles. The number of hydrogen-bond acceptors (Lipinski definition) is 2. The molecule has 2 heteroatoms. The van der Waals surface area contributed by atoms with Crippen LogP contribution in [0.3, 0.4) is 0 Å². The van der Waals surface area contributed by atoms with Crippen LogP contribution in [-0.2, 0) is 5.41 Å². The SMILES string of the molecule is CC(C)(N)CC(C)(C)c1cccs1. The summed E-state index contributed by atoms with van der Waals surface area (Å²) < 4.78 is 0. The van der Waals surface area contributed by atoms with Crippen molar-refractivity contribution in [1.29, 1.82) is 0 Å². The van der Waals surface area contributed by atoms with E-state index in [1.165, 1.54) is 4.88 Å². The molecule has 74 valence electrons. The Morgan fingerprint density at radius 3 is 2.31 bits per heavy atom. The van der Waals surface area contributed by atoms with Gasteiger partial charge in [-0.1, -0.05) is 19.9 Å². The second-order valence-corrected chi connectivity index (χ2v) is 5.97. The zero-order valence-electron chi connectivity index (χ0n) is 8.92. The lowest BCUT2D eigenvalue weighted by molar-refractivity contribution is 0.355. The minimum Gasteiger partial charge on any atom is -0.326 e. The van der Waals surface area contributed by atoms with Crippen LogP contribution in [0.15, 0.2) is 17.5 Å². The Labute approximate surface area is 85.0 Å². The quantitative estimate of drug-likeness (QED) is 0.791. The van der Waals surface area contributed by atoms with Gasteiger partial charge in [0.05, 0.1) is 0 Å². The van der Waals surface area contributed by atoms with Crippen LogP contribution in [0, 0.1) is 0 Å². The predicted octanol–water partition coefficient (Wildman–Crippen LogP) is 3.15. The Morgan fingerprint density at radius 1 is 1.31 bits per heavy atom. The standard InChI is InChI=1S/C11H19NS/c1-10(2,8-11(3,4)12)9-6-5-7-13-9/h5-7H,8,12H2,1-4H3. The summed E-state index contributed by atoms with van der Waals surface area (Å²) in [4.78, 5) is 1.42. The van der Waals surface area contributed by atoms with Gasteiger partial charge in [0.2, 0.25) is 0 Å². The molecule has 0 spiro atoms. The number of thiophene rings is 1. The fourth-order valence-corrected chi connectivity index (χ4v) is 2.74. The van der Waals surface area contributed by atoms with E-state index in [4.69, 9.17) is 5.73 Å². The second kappa shape index (κ2) is 3.43. The third-order valence-corrected chi connectivity index (χ3v) is 3.32. The maximum atomic E-state index is 6.03. The lowest BCUT2D eigenvalue weighted by atomic mass is 9.79. The van der Waals surface area contributed by atoms with E-state index < -0.39 is 0 Å². The second-order valence-electron chi connectivity index (χ2n) is 5.03. The first-order valence-electron chi connectivity index (χ1n) is 4.64. The van der Waals surface area contributed by atoms with Crippen LogP contribution in [0.2, 0.25) is 0 Å². The molecule has 1 heterocycles. The monoisotopic (exact) mass is 197 g/mol. The predicted molar refractivity (Wildman–Crippen MR) is 60.2 cm³/mol. The van der Waals surface area contributed by atoms with Crippen LogP contribution in [-0.4, -0.2) is 5.54 Å². The van der Waals surface area contributed by atoms with Crippen molar-refractivity contribution in [1.82, 2.24) is 0 Å². The molecule has 0 radical (unpaired) electrons. The summed E-state index contributed by atoms with van der Waals surface area (Å²) in [6.07, 6.45) is 1.01. The molecule has 0 amide bonds. The maximum absolute atomic E-state index is 6.03. The highest BCUT2D eigenvalue weighted by Gasteiger charge is 2.28. The zero-order chi connectivity index (χ0) is 10.1. The van der Waals surface area contributed by atoms with Gasteiger partial charge in [-0.05, 0) is 31.7 Å². The van der Waals surface area contributed by atoms with Crippen molar-refractivity contribution in [2.45, 2.75) is 45.1 Å². The van der Waals surface area contributed by atoms with Crippen LogP contribution in [0.4, 0.5) is 0 Å². The van der Waals surface area contributed by atoms with Gasteiger partial charge in [-0.15, -0.1) is 11.3 Å². The van der Waals surface area contributed by atoms with Crippen molar-refractivity contribution in [3.63, 3.8) is 0 Å². The Balaban J connectivity index is 2.78. The molecule has 1 rings (SSSR count). The van der Waals surface area contributed by atoms with E-state index >= 15 is 0 Å². The fourth-order valence-electron chi connectivity index (χ4n) is 1.89. The Hall–Kier alpha value is -0.340. The maximum Gasteiger partial charge on any atom is 0.0106 e. The van der Waals surface area contributed by atoms with Crippen molar-refractivity contribution in [3.05, 3.63) is 22.4 Å². The van der Waals surface area contributed by atoms with Crippen LogP contribution >= 0.6 is 11.3 Å². The molecule has 0 saturated carbocycles. The highest BCUT2D eigenvalue weighted by Crippen LogP contribution is 2.33. The molecule has 1 nitrogen and oxygen atoms in total. The molecular weight excluding hydrogens is 178 g/mol. The summed E-state index contributed by atoms with van der Waals surface area (Å²) in [6.45, 7) is 8.69. The molecule has 0 saturated heterocycles. The van der Waals surface area contributed by atoms with Gasteiger partial charge in [0.25, 0.3) is 0 Å². The molecule has 0 bridgehead atoms.